The van der Waals surface area contributed by atoms with Gasteiger partial charge in [0.1, 0.15) is 42.3 Å². The van der Waals surface area contributed by atoms with E-state index in [9.17, 15) is 81.4 Å². The Labute approximate surface area is 558 Å². The van der Waals surface area contributed by atoms with E-state index < -0.39 is 119 Å². The van der Waals surface area contributed by atoms with Crippen LogP contribution in [0.4, 0.5) is 66.7 Å². The van der Waals surface area contributed by atoms with E-state index in [0.717, 1.165) is 68.8 Å². The van der Waals surface area contributed by atoms with Crippen molar-refractivity contribution >= 4 is 23.9 Å². The van der Waals surface area contributed by atoms with Gasteiger partial charge in [0, 0.05) is 63.5 Å². The van der Waals surface area contributed by atoms with Crippen molar-refractivity contribution in [2.75, 3.05) is 92.0 Å². The topological polar surface area (TPSA) is 237 Å². The van der Waals surface area contributed by atoms with Crippen LogP contribution in [0, 0.1) is 16.6 Å². The average molecular weight is 1350 g/mol. The van der Waals surface area contributed by atoms with Crippen LogP contribution in [0.15, 0.2) is 45.4 Å². The van der Waals surface area contributed by atoms with Gasteiger partial charge in [-0.05, 0) is 91.8 Å². The van der Waals surface area contributed by atoms with Crippen molar-refractivity contribution in [2.24, 2.45) is 10.8 Å². The number of nitrogens with zero attached hydrogens (tertiary/aromatic N) is 10. The number of aliphatic hydroxyl groups excluding tert-OH is 1. The summed E-state index contributed by atoms with van der Waals surface area (Å²) in [6.07, 6.45) is -18.9. The van der Waals surface area contributed by atoms with Crippen molar-refractivity contribution in [1.82, 2.24) is 49.7 Å². The minimum Gasteiger partial charge on any atom is -0.850 e. The van der Waals surface area contributed by atoms with Crippen LogP contribution in [0.25, 0.3) is 22.8 Å². The molecule has 504 valence electrons. The summed E-state index contributed by atoms with van der Waals surface area (Å²) in [6.45, 7) is 19.3. The number of carbonyl (C=O) groups excluding carboxylic acids is 4. The van der Waals surface area contributed by atoms with Gasteiger partial charge in [0.25, 0.3) is 11.8 Å². The third-order valence-corrected chi connectivity index (χ3v) is 14.4. The molecule has 21 nitrogen and oxygen atoms in total. The molecule has 0 spiro atoms. The molecule has 6 amide bonds. The molecule has 1 N–H and O–H groups in total. The molecule has 0 aliphatic carbocycles. The number of carbonyl (C=O) groups is 4. The Morgan fingerprint density at radius 3 is 1.27 bits per heavy atom. The minimum absolute atomic E-state index is 0. The maximum Gasteiger partial charge on any atom is 1.00 e. The number of benzene rings is 2. The average Bonchev–Trinajstić information content (AvgIpc) is 1.65. The molecule has 0 saturated carbocycles. The van der Waals surface area contributed by atoms with Gasteiger partial charge in [-0.3, -0.25) is 29.2 Å². The molecular weight excluding hydrogens is 1270 g/mol. The van der Waals surface area contributed by atoms with E-state index in [1.54, 1.807) is 48.5 Å². The number of aromatic nitrogens is 4. The molecule has 0 unspecified atom stereocenters. The first kappa shape index (κ1) is 78.3. The standard InChI is InChI=1S/C26H31F6N5O5.C21H23F4N5O4.C5H9F3O.C4H9O.K/c1-23(2,26(30,31)32)15-41-18-6-5-16(13-17(18)25(27,28)29)20-33-19(42-34-20)14-36-21(38)24(3,4)37(22(36)39)8-7-35-9-11-40-12-10-35;1-20(2)18(31)29(19(32)30(20)6-5-28-7-9-33-10-8-28)12-16-26-17(27-34-16)13-3-4-15(22)14(11-13)21(23,24)25;1-4(2,3-9)5(6,7)8;1-4(2,3)5;/h5-6,13H,7-12,14-15H2,1-4H3;3-4,11H,5-10,12H2,1-2H3;9H,3H2,1-2H3;1-3H3;/q;;;-1;+1. The third-order valence-electron chi connectivity index (χ3n) is 14.4. The SMILES string of the molecule is CC(C)(C)[O-].CC(C)(CO)C(F)(F)F.CC1(C)C(=O)N(Cc2nc(-c3ccc(F)c(C(F)(F)F)c3)no2)C(=O)N1CCN1CCOCC1.CC1(C)C(=O)N(Cc2nc(-c3ccc(OCC(C)(C)C(F)(F)F)c(C(F)(F)F)c3)no2)C(=O)N1CCN1CCOCC1.[K+]. The number of urea groups is 2. The monoisotopic (exact) mass is 1350 g/mol. The molecule has 4 aliphatic rings. The van der Waals surface area contributed by atoms with Crippen molar-refractivity contribution < 1.29 is 161 Å². The number of rotatable bonds is 16. The van der Waals surface area contributed by atoms with Crippen LogP contribution in [0.5, 0.6) is 5.75 Å². The second-order valence-electron chi connectivity index (χ2n) is 24.4. The summed E-state index contributed by atoms with van der Waals surface area (Å²) in [4.78, 5) is 69.4. The van der Waals surface area contributed by atoms with Crippen molar-refractivity contribution in [3.63, 3.8) is 0 Å². The van der Waals surface area contributed by atoms with E-state index in [4.69, 9.17) is 28.4 Å². The largest absolute Gasteiger partial charge is 1.00 e. The van der Waals surface area contributed by atoms with Crippen molar-refractivity contribution in [3.8, 4) is 28.5 Å². The zero-order valence-electron chi connectivity index (χ0n) is 52.2. The third kappa shape index (κ3) is 20.7. The number of hydrogen-bond acceptors (Lipinski definition) is 17. The number of halogens is 13. The molecule has 35 heteroatoms. The molecule has 0 radical (unpaired) electrons. The number of ether oxygens (including phenoxy) is 3. The van der Waals surface area contributed by atoms with Gasteiger partial charge in [0.15, 0.2) is 0 Å². The summed E-state index contributed by atoms with van der Waals surface area (Å²) in [5.74, 6) is -4.01. The van der Waals surface area contributed by atoms with E-state index in [1.165, 1.54) is 9.80 Å². The molecule has 4 aromatic rings. The van der Waals surface area contributed by atoms with Gasteiger partial charge in [0.2, 0.25) is 23.4 Å². The van der Waals surface area contributed by atoms with Crippen LogP contribution in [0.3, 0.4) is 0 Å². The minimum atomic E-state index is -4.97. The fourth-order valence-corrected chi connectivity index (χ4v) is 8.47. The molecule has 4 fully saturated rings. The fourth-order valence-electron chi connectivity index (χ4n) is 8.47. The molecule has 0 bridgehead atoms. The van der Waals surface area contributed by atoms with Crippen molar-refractivity contribution in [3.05, 3.63) is 65.1 Å². The number of morpholine rings is 2. The van der Waals surface area contributed by atoms with Gasteiger partial charge in [0.05, 0.1) is 55.0 Å². The smallest absolute Gasteiger partial charge is 0.850 e. The summed E-state index contributed by atoms with van der Waals surface area (Å²) < 4.78 is 194. The number of amides is 6. The molecule has 2 aromatic heterocycles. The molecule has 6 heterocycles. The first-order valence-corrected chi connectivity index (χ1v) is 27.9. The number of alkyl halides is 12. The van der Waals surface area contributed by atoms with Gasteiger partial charge < -0.3 is 43.3 Å². The van der Waals surface area contributed by atoms with Crippen LogP contribution in [-0.4, -0.2) is 200 Å². The maximum absolute atomic E-state index is 13.8. The number of imide groups is 2. The Morgan fingerprint density at radius 2 is 0.934 bits per heavy atom. The zero-order valence-corrected chi connectivity index (χ0v) is 55.3. The Morgan fingerprint density at radius 1 is 0.571 bits per heavy atom. The molecule has 0 atom stereocenters. The Hall–Kier alpha value is -5.11. The summed E-state index contributed by atoms with van der Waals surface area (Å²) >= 11 is 0. The van der Waals surface area contributed by atoms with Crippen LogP contribution in [0.2, 0.25) is 0 Å². The molecule has 91 heavy (non-hydrogen) atoms. The van der Waals surface area contributed by atoms with E-state index in [2.05, 4.69) is 30.1 Å². The van der Waals surface area contributed by atoms with E-state index in [-0.39, 0.29) is 99.0 Å². The van der Waals surface area contributed by atoms with Crippen LogP contribution >= 0.6 is 0 Å². The van der Waals surface area contributed by atoms with Crippen LogP contribution in [0.1, 0.15) is 99.1 Å². The van der Waals surface area contributed by atoms with E-state index >= 15 is 0 Å². The Kier molecular flexibility index (Phi) is 26.3. The maximum atomic E-state index is 13.8. The van der Waals surface area contributed by atoms with Crippen molar-refractivity contribution in [1.29, 1.82) is 0 Å². The fraction of sp³-hybridized carbons (Fsp3) is 0.643. The van der Waals surface area contributed by atoms with Gasteiger partial charge >= 0.3 is 88.2 Å². The molecular formula is C56H72F13KN10O11. The predicted molar refractivity (Wildman–Crippen MR) is 289 cm³/mol. The van der Waals surface area contributed by atoms with Gasteiger partial charge in [-0.15, -0.1) is 5.60 Å². The normalized spacial score (nSPS) is 17.9. The van der Waals surface area contributed by atoms with Gasteiger partial charge in [-0.2, -0.15) is 62.7 Å². The quantitative estimate of drug-likeness (QED) is 0.0760. The Balaban J connectivity index is 0.000000322. The molecule has 4 aliphatic heterocycles. The Bertz CT molecular complexity index is 3090. The van der Waals surface area contributed by atoms with Crippen LogP contribution in [-0.2, 0) is 44.5 Å². The van der Waals surface area contributed by atoms with Crippen molar-refractivity contribution in [2.45, 2.75) is 131 Å². The summed E-state index contributed by atoms with van der Waals surface area (Å²) in [6, 6.07) is 3.88. The summed E-state index contributed by atoms with van der Waals surface area (Å²) in [5, 5.41) is 25.6. The summed E-state index contributed by atoms with van der Waals surface area (Å²) in [7, 11) is 0. The number of hydrogen-bond donors (Lipinski definition) is 1. The molecule has 2 aromatic carbocycles. The number of aliphatic hydroxyl groups is 1. The second-order valence-corrected chi connectivity index (χ2v) is 24.4. The van der Waals surface area contributed by atoms with Gasteiger partial charge in [-0.25, -0.2) is 14.0 Å². The first-order valence-electron chi connectivity index (χ1n) is 27.9. The zero-order chi connectivity index (χ0) is 68.0. The van der Waals surface area contributed by atoms with Gasteiger partial charge in [-0.1, -0.05) is 31.1 Å². The predicted octanol–water partition coefficient (Wildman–Crippen LogP) is 6.08. The second kappa shape index (κ2) is 30.5. The summed E-state index contributed by atoms with van der Waals surface area (Å²) in [5.41, 5.74) is -10.4. The molecule has 8 rings (SSSR count). The van der Waals surface area contributed by atoms with E-state index in [0.29, 0.717) is 77.4 Å². The first-order chi connectivity index (χ1) is 41.2. The van der Waals surface area contributed by atoms with E-state index in [1.807, 2.05) is 0 Å². The van der Waals surface area contributed by atoms with Crippen LogP contribution < -0.4 is 61.2 Å². The molecule has 4 saturated heterocycles.